The predicted molar refractivity (Wildman–Crippen MR) is 65.2 cm³/mol. The van der Waals surface area contributed by atoms with Crippen LogP contribution in [0.1, 0.15) is 36.7 Å². The highest BCUT2D eigenvalue weighted by Crippen LogP contribution is 2.29. The SMILES string of the molecule is CC(=O)Oc1cc(OC(C)C)c(C)c(C(=O)O)c1. The van der Waals surface area contributed by atoms with Crippen molar-refractivity contribution in [1.82, 2.24) is 0 Å². The lowest BCUT2D eigenvalue weighted by molar-refractivity contribution is -0.131. The van der Waals surface area contributed by atoms with Crippen LogP contribution in [0.25, 0.3) is 0 Å². The Bertz CT molecular complexity index is 477. The van der Waals surface area contributed by atoms with Crippen LogP contribution < -0.4 is 9.47 Å². The number of aromatic carboxylic acids is 1. The van der Waals surface area contributed by atoms with Gasteiger partial charge in [0, 0.05) is 18.6 Å². The van der Waals surface area contributed by atoms with E-state index in [1.54, 1.807) is 6.92 Å². The van der Waals surface area contributed by atoms with Gasteiger partial charge in [-0.25, -0.2) is 4.79 Å². The monoisotopic (exact) mass is 252 g/mol. The van der Waals surface area contributed by atoms with Crippen LogP contribution in [0.3, 0.4) is 0 Å². The van der Waals surface area contributed by atoms with Gasteiger partial charge in [0.25, 0.3) is 0 Å². The molecular formula is C13H16O5. The van der Waals surface area contributed by atoms with E-state index in [2.05, 4.69) is 0 Å². The van der Waals surface area contributed by atoms with Crippen molar-refractivity contribution in [3.63, 3.8) is 0 Å². The first-order valence-corrected chi connectivity index (χ1v) is 5.54. The number of carboxylic acids is 1. The summed E-state index contributed by atoms with van der Waals surface area (Å²) in [7, 11) is 0. The molecule has 0 fully saturated rings. The number of carbonyl (C=O) groups is 2. The van der Waals surface area contributed by atoms with E-state index in [0.717, 1.165) is 0 Å². The Balaban J connectivity index is 3.27. The Morgan fingerprint density at radius 1 is 1.28 bits per heavy atom. The van der Waals surface area contributed by atoms with Gasteiger partial charge in [-0.3, -0.25) is 4.79 Å². The molecule has 0 atom stereocenters. The molecule has 0 saturated heterocycles. The van der Waals surface area contributed by atoms with Crippen LogP contribution in [0.15, 0.2) is 12.1 Å². The molecule has 0 aliphatic rings. The number of hydrogen-bond acceptors (Lipinski definition) is 4. The minimum atomic E-state index is -1.09. The molecule has 1 N–H and O–H groups in total. The van der Waals surface area contributed by atoms with Crippen LogP contribution in [-0.2, 0) is 4.79 Å². The maximum absolute atomic E-state index is 11.1. The fourth-order valence-corrected chi connectivity index (χ4v) is 1.49. The highest BCUT2D eigenvalue weighted by atomic mass is 16.5. The summed E-state index contributed by atoms with van der Waals surface area (Å²) in [4.78, 5) is 22.0. The lowest BCUT2D eigenvalue weighted by Crippen LogP contribution is -2.11. The second-order valence-electron chi connectivity index (χ2n) is 4.16. The van der Waals surface area contributed by atoms with Crippen LogP contribution in [0, 0.1) is 6.92 Å². The van der Waals surface area contributed by atoms with Crippen molar-refractivity contribution in [2.75, 3.05) is 0 Å². The van der Waals surface area contributed by atoms with Crippen molar-refractivity contribution in [2.45, 2.75) is 33.8 Å². The Hall–Kier alpha value is -2.04. The Kier molecular flexibility index (Phi) is 4.31. The van der Waals surface area contributed by atoms with E-state index in [1.807, 2.05) is 13.8 Å². The number of carboxylic acid groups (broad SMARTS) is 1. The van der Waals surface area contributed by atoms with Crippen LogP contribution in [0.2, 0.25) is 0 Å². The van der Waals surface area contributed by atoms with E-state index in [0.29, 0.717) is 11.3 Å². The van der Waals surface area contributed by atoms with Crippen LogP contribution in [0.5, 0.6) is 11.5 Å². The fourth-order valence-electron chi connectivity index (χ4n) is 1.49. The predicted octanol–water partition coefficient (Wildman–Crippen LogP) is 2.41. The molecule has 0 aliphatic carbocycles. The van der Waals surface area contributed by atoms with E-state index in [1.165, 1.54) is 19.1 Å². The molecule has 0 aliphatic heterocycles. The Morgan fingerprint density at radius 3 is 2.33 bits per heavy atom. The standard InChI is InChI=1S/C13H16O5/c1-7(2)17-12-6-10(18-9(4)14)5-11(8(12)3)13(15)16/h5-7H,1-4H3,(H,15,16). The normalized spacial score (nSPS) is 10.3. The minimum absolute atomic E-state index is 0.0596. The molecule has 5 nitrogen and oxygen atoms in total. The van der Waals surface area contributed by atoms with Crippen molar-refractivity contribution in [2.24, 2.45) is 0 Å². The average Bonchev–Trinajstić information content (AvgIpc) is 2.20. The Labute approximate surface area is 105 Å². The van der Waals surface area contributed by atoms with Gasteiger partial charge in [-0.2, -0.15) is 0 Å². The van der Waals surface area contributed by atoms with Crippen molar-refractivity contribution in [1.29, 1.82) is 0 Å². The quantitative estimate of drug-likeness (QED) is 0.658. The van der Waals surface area contributed by atoms with E-state index >= 15 is 0 Å². The van der Waals surface area contributed by atoms with Crippen molar-refractivity contribution in [3.8, 4) is 11.5 Å². The fraction of sp³-hybridized carbons (Fsp3) is 0.385. The zero-order chi connectivity index (χ0) is 13.9. The third kappa shape index (κ3) is 3.48. The summed E-state index contributed by atoms with van der Waals surface area (Å²) in [5, 5.41) is 9.09. The summed E-state index contributed by atoms with van der Waals surface area (Å²) in [6.07, 6.45) is -0.0991. The highest BCUT2D eigenvalue weighted by Gasteiger charge is 2.16. The zero-order valence-corrected chi connectivity index (χ0v) is 10.8. The van der Waals surface area contributed by atoms with Crippen LogP contribution in [0.4, 0.5) is 0 Å². The van der Waals surface area contributed by atoms with Crippen molar-refractivity contribution >= 4 is 11.9 Å². The van der Waals surface area contributed by atoms with Gasteiger partial charge in [0.2, 0.25) is 0 Å². The lowest BCUT2D eigenvalue weighted by Gasteiger charge is -2.15. The second kappa shape index (κ2) is 5.53. The Morgan fingerprint density at radius 2 is 1.89 bits per heavy atom. The highest BCUT2D eigenvalue weighted by molar-refractivity contribution is 5.91. The first kappa shape index (κ1) is 14.0. The van der Waals surface area contributed by atoms with E-state index in [9.17, 15) is 9.59 Å². The first-order chi connectivity index (χ1) is 8.31. The third-order valence-electron chi connectivity index (χ3n) is 2.19. The summed E-state index contributed by atoms with van der Waals surface area (Å²) in [6.45, 7) is 6.57. The summed E-state index contributed by atoms with van der Waals surface area (Å²) in [6, 6.07) is 2.83. The van der Waals surface area contributed by atoms with E-state index < -0.39 is 11.9 Å². The molecule has 0 saturated carbocycles. The molecule has 0 radical (unpaired) electrons. The van der Waals surface area contributed by atoms with Gasteiger partial charge in [-0.15, -0.1) is 0 Å². The maximum atomic E-state index is 11.1. The molecule has 0 spiro atoms. The number of ether oxygens (including phenoxy) is 2. The average molecular weight is 252 g/mol. The molecule has 1 rings (SSSR count). The number of rotatable bonds is 4. The topological polar surface area (TPSA) is 72.8 Å². The van der Waals surface area contributed by atoms with Crippen molar-refractivity contribution in [3.05, 3.63) is 23.3 Å². The summed E-state index contributed by atoms with van der Waals surface area (Å²) >= 11 is 0. The van der Waals surface area contributed by atoms with Crippen LogP contribution >= 0.6 is 0 Å². The lowest BCUT2D eigenvalue weighted by atomic mass is 10.1. The molecule has 0 heterocycles. The summed E-state index contributed by atoms with van der Waals surface area (Å²) in [5.74, 6) is -1.02. The number of hydrogen-bond donors (Lipinski definition) is 1. The smallest absolute Gasteiger partial charge is 0.336 e. The first-order valence-electron chi connectivity index (χ1n) is 5.54. The molecule has 5 heteroatoms. The van der Waals surface area contributed by atoms with Crippen LogP contribution in [-0.4, -0.2) is 23.1 Å². The number of esters is 1. The van der Waals surface area contributed by atoms with E-state index in [4.69, 9.17) is 14.6 Å². The molecule has 1 aromatic carbocycles. The number of carbonyl (C=O) groups excluding carboxylic acids is 1. The number of benzene rings is 1. The third-order valence-corrected chi connectivity index (χ3v) is 2.19. The van der Waals surface area contributed by atoms with E-state index in [-0.39, 0.29) is 17.4 Å². The second-order valence-corrected chi connectivity index (χ2v) is 4.16. The molecule has 98 valence electrons. The molecule has 18 heavy (non-hydrogen) atoms. The largest absolute Gasteiger partial charge is 0.491 e. The summed E-state index contributed by atoms with van der Waals surface area (Å²) in [5.41, 5.74) is 0.566. The van der Waals surface area contributed by atoms with Gasteiger partial charge < -0.3 is 14.6 Å². The molecule has 0 aromatic heterocycles. The molecule has 0 bridgehead atoms. The maximum Gasteiger partial charge on any atom is 0.336 e. The van der Waals surface area contributed by atoms with Gasteiger partial charge in [0.05, 0.1) is 11.7 Å². The zero-order valence-electron chi connectivity index (χ0n) is 10.8. The van der Waals surface area contributed by atoms with Gasteiger partial charge in [0.1, 0.15) is 11.5 Å². The van der Waals surface area contributed by atoms with Crippen molar-refractivity contribution < 1.29 is 24.2 Å². The molecule has 0 unspecified atom stereocenters. The molecular weight excluding hydrogens is 236 g/mol. The van der Waals surface area contributed by atoms with Gasteiger partial charge >= 0.3 is 11.9 Å². The molecule has 1 aromatic rings. The minimum Gasteiger partial charge on any atom is -0.491 e. The van der Waals surface area contributed by atoms with Gasteiger partial charge in [-0.1, -0.05) is 0 Å². The van der Waals surface area contributed by atoms with Gasteiger partial charge in [0.15, 0.2) is 0 Å². The summed E-state index contributed by atoms with van der Waals surface area (Å²) < 4.78 is 10.4. The molecule has 0 amide bonds. The van der Waals surface area contributed by atoms with Gasteiger partial charge in [-0.05, 0) is 26.8 Å².